The molecule has 0 aliphatic rings. The molecule has 0 saturated carbocycles. The van der Waals surface area contributed by atoms with Crippen LogP contribution in [0, 0.1) is 0 Å². The van der Waals surface area contributed by atoms with Crippen molar-refractivity contribution >= 4 is 51.4 Å². The topological polar surface area (TPSA) is 46.2 Å². The third kappa shape index (κ3) is 14.7. The lowest BCUT2D eigenvalue weighted by Gasteiger charge is -2.42. The number of hydrogen-bond donors (Lipinski definition) is 0. The van der Waals surface area contributed by atoms with E-state index in [2.05, 4.69) is 92.0 Å². The van der Waals surface area contributed by atoms with Gasteiger partial charge in [-0.05, 0) is 85.0 Å². The van der Waals surface area contributed by atoms with Crippen LogP contribution in [0.3, 0.4) is 0 Å². The van der Waals surface area contributed by atoms with E-state index in [1.807, 2.05) is 0 Å². The van der Waals surface area contributed by atoms with E-state index in [0.717, 1.165) is 6.42 Å². The summed E-state index contributed by atoms with van der Waals surface area (Å²) in [6.45, 7) is 30.7. The van der Waals surface area contributed by atoms with Gasteiger partial charge >= 0.3 is 18.1 Å². The Hall–Kier alpha value is 1.10. The molecule has 0 aromatic carbocycles. The maximum Gasteiger partial charge on any atom is 0.476 e. The summed E-state index contributed by atoms with van der Waals surface area (Å²) in [5.41, 5.74) is -0.0483. The van der Waals surface area contributed by atoms with Crippen LogP contribution in [-0.2, 0) is 20.9 Å². The second kappa shape index (κ2) is 9.94. The van der Waals surface area contributed by atoms with Crippen molar-refractivity contribution in [2.75, 3.05) is 0 Å². The van der Waals surface area contributed by atoms with Crippen molar-refractivity contribution in [3.05, 3.63) is 0 Å². The SMILES string of the molecule is CCC(O[Si](C)(O[Si](C)(C)C)O[Si](C)(C)C)[SiH](O[Si](C)(C)C)O[Si](C)(C)C. The highest BCUT2D eigenvalue weighted by atomic mass is 28.5. The zero-order valence-electron chi connectivity index (χ0n) is 20.4. The lowest BCUT2D eigenvalue weighted by atomic mass is 10.5. The molecule has 0 amide bonds. The third-order valence-corrected chi connectivity index (χ3v) is 20.6. The van der Waals surface area contributed by atoms with Crippen LogP contribution in [0.2, 0.25) is 85.1 Å². The fourth-order valence-corrected chi connectivity index (χ4v) is 22.2. The van der Waals surface area contributed by atoms with Gasteiger partial charge in [0.15, 0.2) is 33.3 Å². The minimum atomic E-state index is -2.79. The predicted molar refractivity (Wildman–Crippen MR) is 132 cm³/mol. The molecule has 0 saturated heterocycles. The van der Waals surface area contributed by atoms with Crippen LogP contribution < -0.4 is 0 Å². The molecule has 164 valence electrons. The Balaban J connectivity index is 5.73. The van der Waals surface area contributed by atoms with Gasteiger partial charge in [-0.15, -0.1) is 0 Å². The highest BCUT2D eigenvalue weighted by Crippen LogP contribution is 2.26. The first-order chi connectivity index (χ1) is 11.6. The van der Waals surface area contributed by atoms with Gasteiger partial charge in [-0.1, -0.05) is 6.92 Å². The molecule has 0 aromatic rings. The molecule has 0 bridgehead atoms. The van der Waals surface area contributed by atoms with Crippen molar-refractivity contribution < 1.29 is 20.9 Å². The fraction of sp³-hybridized carbons (Fsp3) is 1.00. The first kappa shape index (κ1) is 28.1. The standard InChI is InChI=1S/C16H46O5Si6/c1-15-16(22(18-23(2,3)4)19-24(5,6)7)17-27(14,20-25(8,9)10)21-26(11,12)13/h16,22H,15H2,1-14H3. The van der Waals surface area contributed by atoms with Gasteiger partial charge in [0, 0.05) is 6.55 Å². The minimum Gasteiger partial charge on any atom is -0.437 e. The van der Waals surface area contributed by atoms with E-state index >= 15 is 0 Å². The van der Waals surface area contributed by atoms with Crippen LogP contribution in [0.4, 0.5) is 0 Å². The van der Waals surface area contributed by atoms with Gasteiger partial charge in [-0.25, -0.2) is 0 Å². The summed E-state index contributed by atoms with van der Waals surface area (Å²) in [5.74, 6) is 0. The molecule has 0 aliphatic carbocycles. The molecule has 0 N–H and O–H groups in total. The fourth-order valence-electron chi connectivity index (χ4n) is 2.66. The lowest BCUT2D eigenvalue weighted by molar-refractivity contribution is 0.123. The molecule has 0 rings (SSSR count). The Morgan fingerprint density at radius 3 is 1.15 bits per heavy atom. The second-order valence-corrected chi connectivity index (χ2v) is 35.0. The largest absolute Gasteiger partial charge is 0.476 e. The molecule has 1 atom stereocenters. The summed E-state index contributed by atoms with van der Waals surface area (Å²) in [6.07, 6.45) is 0.860. The molecule has 27 heavy (non-hydrogen) atoms. The normalized spacial score (nSPS) is 16.1. The molecular formula is C16H46O5Si6. The van der Waals surface area contributed by atoms with Gasteiger partial charge in [0.05, 0.1) is 5.73 Å². The zero-order valence-corrected chi connectivity index (χ0v) is 26.6. The van der Waals surface area contributed by atoms with E-state index in [1.165, 1.54) is 0 Å². The predicted octanol–water partition coefficient (Wildman–Crippen LogP) is 5.52. The molecule has 11 heteroatoms. The van der Waals surface area contributed by atoms with Crippen molar-refractivity contribution in [3.8, 4) is 0 Å². The monoisotopic (exact) mass is 486 g/mol. The van der Waals surface area contributed by atoms with Crippen LogP contribution in [-0.4, -0.2) is 57.1 Å². The molecule has 0 aromatic heterocycles. The van der Waals surface area contributed by atoms with Crippen LogP contribution in [0.25, 0.3) is 0 Å². The van der Waals surface area contributed by atoms with Crippen LogP contribution in [0.1, 0.15) is 13.3 Å². The van der Waals surface area contributed by atoms with E-state index in [4.69, 9.17) is 20.9 Å². The number of rotatable bonds is 12. The summed E-state index contributed by atoms with van der Waals surface area (Å²) in [4.78, 5) is 0. The van der Waals surface area contributed by atoms with Crippen molar-refractivity contribution in [2.45, 2.75) is 104 Å². The molecule has 0 heterocycles. The quantitative estimate of drug-likeness (QED) is 0.340. The molecule has 0 spiro atoms. The average Bonchev–Trinajstić information content (AvgIpc) is 2.26. The van der Waals surface area contributed by atoms with Gasteiger partial charge in [-0.2, -0.15) is 0 Å². The Kier molecular flexibility index (Phi) is 10.3. The third-order valence-electron chi connectivity index (χ3n) is 2.99. The van der Waals surface area contributed by atoms with E-state index in [1.54, 1.807) is 0 Å². The van der Waals surface area contributed by atoms with Crippen molar-refractivity contribution in [1.29, 1.82) is 0 Å². The first-order valence-electron chi connectivity index (χ1n) is 10.1. The highest BCUT2D eigenvalue weighted by Gasteiger charge is 2.47. The molecular weight excluding hydrogens is 441 g/mol. The Bertz CT molecular complexity index is 418. The second-order valence-electron chi connectivity index (χ2n) is 11.2. The van der Waals surface area contributed by atoms with Gasteiger partial charge in [0.2, 0.25) is 0 Å². The molecule has 0 fully saturated rings. The molecule has 0 radical (unpaired) electrons. The van der Waals surface area contributed by atoms with Crippen LogP contribution >= 0.6 is 0 Å². The summed E-state index contributed by atoms with van der Waals surface area (Å²) in [7, 11) is -11.9. The van der Waals surface area contributed by atoms with E-state index in [0.29, 0.717) is 0 Å². The Morgan fingerprint density at radius 1 is 0.593 bits per heavy atom. The highest BCUT2D eigenvalue weighted by molar-refractivity contribution is 6.86. The number of hydrogen-bond acceptors (Lipinski definition) is 5. The maximum atomic E-state index is 6.71. The minimum absolute atomic E-state index is 0.0483. The van der Waals surface area contributed by atoms with E-state index in [9.17, 15) is 0 Å². The van der Waals surface area contributed by atoms with Crippen molar-refractivity contribution in [1.82, 2.24) is 0 Å². The molecule has 0 aliphatic heterocycles. The zero-order chi connectivity index (χ0) is 21.9. The van der Waals surface area contributed by atoms with Crippen LogP contribution in [0.5, 0.6) is 0 Å². The van der Waals surface area contributed by atoms with E-state index < -0.39 is 51.4 Å². The average molecular weight is 487 g/mol. The van der Waals surface area contributed by atoms with Gasteiger partial charge in [-0.3, -0.25) is 0 Å². The van der Waals surface area contributed by atoms with Gasteiger partial charge in [0.25, 0.3) is 0 Å². The molecule has 5 nitrogen and oxygen atoms in total. The summed E-state index contributed by atoms with van der Waals surface area (Å²) in [5, 5.41) is 0. The lowest BCUT2D eigenvalue weighted by Crippen LogP contribution is -2.60. The summed E-state index contributed by atoms with van der Waals surface area (Å²) in [6, 6.07) is 0. The first-order valence-corrected chi connectivity index (χ1v) is 27.6. The van der Waals surface area contributed by atoms with Gasteiger partial charge in [0.1, 0.15) is 0 Å². The van der Waals surface area contributed by atoms with Gasteiger partial charge < -0.3 is 20.9 Å². The molecule has 1 unspecified atom stereocenters. The maximum absolute atomic E-state index is 6.71. The Labute approximate surface area is 176 Å². The smallest absolute Gasteiger partial charge is 0.437 e. The van der Waals surface area contributed by atoms with Crippen molar-refractivity contribution in [3.63, 3.8) is 0 Å². The van der Waals surface area contributed by atoms with E-state index in [-0.39, 0.29) is 5.73 Å². The van der Waals surface area contributed by atoms with Crippen LogP contribution in [0.15, 0.2) is 0 Å². The van der Waals surface area contributed by atoms with Crippen molar-refractivity contribution in [2.24, 2.45) is 0 Å². The Morgan fingerprint density at radius 2 is 0.926 bits per heavy atom. The summed E-state index contributed by atoms with van der Waals surface area (Å²) >= 11 is 0. The summed E-state index contributed by atoms with van der Waals surface area (Å²) < 4.78 is 32.9.